The van der Waals surface area contributed by atoms with Crippen LogP contribution < -0.4 is 10.2 Å². The van der Waals surface area contributed by atoms with Crippen molar-refractivity contribution in [3.05, 3.63) is 29.3 Å². The fourth-order valence-corrected chi connectivity index (χ4v) is 2.68. The quantitative estimate of drug-likeness (QED) is 0.891. The summed E-state index contributed by atoms with van der Waals surface area (Å²) in [5, 5.41) is 11.6. The van der Waals surface area contributed by atoms with Crippen molar-refractivity contribution in [3.8, 4) is 0 Å². The van der Waals surface area contributed by atoms with E-state index in [0.717, 1.165) is 29.7 Å². The van der Waals surface area contributed by atoms with Gasteiger partial charge in [0.25, 0.3) is 0 Å². The Kier molecular flexibility index (Phi) is 5.26. The average Bonchev–Trinajstić information content (AvgIpc) is 2.44. The summed E-state index contributed by atoms with van der Waals surface area (Å²) in [6, 6.07) is 5.86. The summed E-state index contributed by atoms with van der Waals surface area (Å²) in [5.41, 5.74) is 2.31. The number of para-hydroxylation sites is 1. The van der Waals surface area contributed by atoms with Gasteiger partial charge in [0.05, 0.1) is 12.2 Å². The molecule has 0 spiro atoms. The van der Waals surface area contributed by atoms with Crippen molar-refractivity contribution in [2.75, 3.05) is 18.0 Å². The molecule has 23 heavy (non-hydrogen) atoms. The minimum absolute atomic E-state index is 0.115. The molecule has 1 aromatic carbocycles. The number of fused-ring (bicyclic) bond motifs is 1. The topological polar surface area (TPSA) is 78.9 Å². The van der Waals surface area contributed by atoms with Crippen molar-refractivity contribution in [2.45, 2.75) is 45.8 Å². The summed E-state index contributed by atoms with van der Waals surface area (Å²) < 4.78 is 5.50. The fraction of sp³-hybridized carbons (Fsp3) is 0.529. The smallest absolute Gasteiger partial charge is 0.414 e. The van der Waals surface area contributed by atoms with Crippen LogP contribution >= 0.6 is 0 Å². The van der Waals surface area contributed by atoms with Crippen LogP contribution in [0, 0.1) is 0 Å². The Morgan fingerprint density at radius 3 is 2.74 bits per heavy atom. The Hall–Kier alpha value is -2.08. The van der Waals surface area contributed by atoms with Gasteiger partial charge >= 0.3 is 12.1 Å². The monoisotopic (exact) mass is 320 g/mol. The normalized spacial score (nSPS) is 14.3. The summed E-state index contributed by atoms with van der Waals surface area (Å²) in [6.07, 6.45) is 1.43. The first-order valence-electron chi connectivity index (χ1n) is 7.82. The van der Waals surface area contributed by atoms with Gasteiger partial charge < -0.3 is 15.2 Å². The molecule has 1 aliphatic rings. The number of amides is 1. The first-order valence-corrected chi connectivity index (χ1v) is 7.82. The Bertz CT molecular complexity index is 593. The molecule has 2 N–H and O–H groups in total. The number of hydrogen-bond donors (Lipinski definition) is 2. The van der Waals surface area contributed by atoms with Gasteiger partial charge in [0.15, 0.2) is 0 Å². The molecule has 6 nitrogen and oxygen atoms in total. The van der Waals surface area contributed by atoms with Crippen molar-refractivity contribution in [3.63, 3.8) is 0 Å². The van der Waals surface area contributed by atoms with Gasteiger partial charge in [0, 0.05) is 13.1 Å². The van der Waals surface area contributed by atoms with E-state index >= 15 is 0 Å². The average molecular weight is 320 g/mol. The lowest BCUT2D eigenvalue weighted by Gasteiger charge is -2.33. The van der Waals surface area contributed by atoms with Crippen molar-refractivity contribution < 1.29 is 19.4 Å². The number of carbonyl (C=O) groups is 2. The zero-order valence-corrected chi connectivity index (χ0v) is 13.9. The number of carboxylic acids is 1. The Morgan fingerprint density at radius 2 is 2.09 bits per heavy atom. The lowest BCUT2D eigenvalue weighted by atomic mass is 9.98. The molecule has 1 aliphatic heterocycles. The van der Waals surface area contributed by atoms with E-state index in [0.29, 0.717) is 13.1 Å². The number of ether oxygens (including phenoxy) is 1. The standard InChI is InChI=1S/C17H24N2O4/c1-17(2,3)23-16(22)19-9-5-8-12-6-4-7-13(15(12)19)10-18-11-14(20)21/h4,6-7,18H,5,8-11H2,1-3H3,(H,20,21). The van der Waals surface area contributed by atoms with Crippen LogP contribution in [0.2, 0.25) is 0 Å². The van der Waals surface area contributed by atoms with Crippen LogP contribution in [0.5, 0.6) is 0 Å². The molecular formula is C17H24N2O4. The molecule has 6 heteroatoms. The van der Waals surface area contributed by atoms with Crippen molar-refractivity contribution >= 4 is 17.7 Å². The molecule has 126 valence electrons. The SMILES string of the molecule is CC(C)(C)OC(=O)N1CCCc2cccc(CNCC(=O)O)c21. The Balaban J connectivity index is 2.24. The van der Waals surface area contributed by atoms with E-state index in [2.05, 4.69) is 5.32 Å². The predicted octanol–water partition coefficient (Wildman–Crippen LogP) is 2.55. The van der Waals surface area contributed by atoms with Gasteiger partial charge in [-0.25, -0.2) is 4.79 Å². The maximum atomic E-state index is 12.5. The van der Waals surface area contributed by atoms with E-state index < -0.39 is 11.6 Å². The van der Waals surface area contributed by atoms with Gasteiger partial charge in [-0.1, -0.05) is 18.2 Å². The van der Waals surface area contributed by atoms with Crippen LogP contribution in [-0.4, -0.2) is 35.9 Å². The molecule has 0 aromatic heterocycles. The lowest BCUT2D eigenvalue weighted by Crippen LogP contribution is -2.40. The van der Waals surface area contributed by atoms with Crippen LogP contribution in [0.15, 0.2) is 18.2 Å². The van der Waals surface area contributed by atoms with Gasteiger partial charge in [-0.2, -0.15) is 0 Å². The van der Waals surface area contributed by atoms with E-state index in [9.17, 15) is 9.59 Å². The highest BCUT2D eigenvalue weighted by Gasteiger charge is 2.28. The number of anilines is 1. The van der Waals surface area contributed by atoms with E-state index in [-0.39, 0.29) is 12.6 Å². The van der Waals surface area contributed by atoms with Gasteiger partial charge in [-0.05, 0) is 44.7 Å². The summed E-state index contributed by atoms with van der Waals surface area (Å²) in [6.45, 7) is 6.42. The molecule has 0 bridgehead atoms. The predicted molar refractivity (Wildman–Crippen MR) is 87.7 cm³/mol. The van der Waals surface area contributed by atoms with E-state index in [4.69, 9.17) is 9.84 Å². The van der Waals surface area contributed by atoms with Crippen molar-refractivity contribution in [2.24, 2.45) is 0 Å². The zero-order chi connectivity index (χ0) is 17.0. The lowest BCUT2D eigenvalue weighted by molar-refractivity contribution is -0.136. The van der Waals surface area contributed by atoms with Gasteiger partial charge in [0.2, 0.25) is 0 Å². The Labute approximate surface area is 136 Å². The number of benzene rings is 1. The minimum Gasteiger partial charge on any atom is -0.480 e. The second kappa shape index (κ2) is 7.00. The van der Waals surface area contributed by atoms with Crippen molar-refractivity contribution in [1.82, 2.24) is 5.32 Å². The number of aliphatic carboxylic acids is 1. The summed E-state index contributed by atoms with van der Waals surface area (Å²) in [7, 11) is 0. The van der Waals surface area contributed by atoms with E-state index in [1.807, 2.05) is 39.0 Å². The number of carboxylic acid groups (broad SMARTS) is 1. The number of nitrogens with one attached hydrogen (secondary N) is 1. The molecule has 2 rings (SSSR count). The molecule has 1 aromatic rings. The van der Waals surface area contributed by atoms with Gasteiger partial charge in [-0.15, -0.1) is 0 Å². The number of rotatable bonds is 4. The molecule has 0 unspecified atom stereocenters. The summed E-state index contributed by atoms with van der Waals surface area (Å²) in [4.78, 5) is 24.8. The van der Waals surface area contributed by atoms with E-state index in [1.54, 1.807) is 4.90 Å². The van der Waals surface area contributed by atoms with Gasteiger partial charge in [0.1, 0.15) is 5.60 Å². The molecule has 0 atom stereocenters. The first-order chi connectivity index (χ1) is 10.8. The molecule has 1 amide bonds. The second-order valence-corrected chi connectivity index (χ2v) is 6.66. The second-order valence-electron chi connectivity index (χ2n) is 6.66. The van der Waals surface area contributed by atoms with Crippen molar-refractivity contribution in [1.29, 1.82) is 0 Å². The van der Waals surface area contributed by atoms with Gasteiger partial charge in [-0.3, -0.25) is 9.69 Å². The summed E-state index contributed by atoms with van der Waals surface area (Å²) in [5.74, 6) is -0.904. The number of hydrogen-bond acceptors (Lipinski definition) is 4. The highest BCUT2D eigenvalue weighted by atomic mass is 16.6. The maximum absolute atomic E-state index is 12.5. The molecule has 0 saturated carbocycles. The molecule has 0 aliphatic carbocycles. The highest BCUT2D eigenvalue weighted by Crippen LogP contribution is 2.32. The van der Waals surface area contributed by atoms with Crippen LogP contribution in [0.3, 0.4) is 0 Å². The molecule has 0 fully saturated rings. The highest BCUT2D eigenvalue weighted by molar-refractivity contribution is 5.90. The first kappa shape index (κ1) is 17.3. The minimum atomic E-state index is -0.904. The number of aryl methyl sites for hydroxylation is 1. The Morgan fingerprint density at radius 1 is 1.35 bits per heavy atom. The largest absolute Gasteiger partial charge is 0.480 e. The van der Waals surface area contributed by atoms with Crippen LogP contribution in [0.1, 0.15) is 38.3 Å². The summed E-state index contributed by atoms with van der Waals surface area (Å²) >= 11 is 0. The third-order valence-corrected chi connectivity index (χ3v) is 3.51. The third-order valence-electron chi connectivity index (χ3n) is 3.51. The molecular weight excluding hydrogens is 296 g/mol. The number of nitrogens with zero attached hydrogens (tertiary/aromatic N) is 1. The zero-order valence-electron chi connectivity index (χ0n) is 13.9. The molecule has 0 radical (unpaired) electrons. The van der Waals surface area contributed by atoms with E-state index in [1.165, 1.54) is 0 Å². The van der Waals surface area contributed by atoms with Crippen LogP contribution in [0.4, 0.5) is 10.5 Å². The maximum Gasteiger partial charge on any atom is 0.414 e. The fourth-order valence-electron chi connectivity index (χ4n) is 2.68. The third kappa shape index (κ3) is 4.69. The molecule has 1 heterocycles. The van der Waals surface area contributed by atoms with Crippen LogP contribution in [0.25, 0.3) is 0 Å². The molecule has 0 saturated heterocycles. The number of carbonyl (C=O) groups excluding carboxylic acids is 1. The van der Waals surface area contributed by atoms with Crippen LogP contribution in [-0.2, 0) is 22.5 Å².